The van der Waals surface area contributed by atoms with Crippen molar-refractivity contribution in [2.45, 2.75) is 32.2 Å². The largest absolute Gasteiger partial charge is 0.351 e. The van der Waals surface area contributed by atoms with Crippen LogP contribution in [-0.2, 0) is 6.54 Å². The minimum atomic E-state index is 0.106. The van der Waals surface area contributed by atoms with Crippen LogP contribution in [-0.4, -0.2) is 28.9 Å². The van der Waals surface area contributed by atoms with Gasteiger partial charge in [-0.1, -0.05) is 36.4 Å². The smallest absolute Gasteiger partial charge is 0.270 e. The monoisotopic (exact) mass is 347 g/mol. The van der Waals surface area contributed by atoms with E-state index in [4.69, 9.17) is 5.73 Å². The highest BCUT2D eigenvalue weighted by atomic mass is 16.2. The van der Waals surface area contributed by atoms with E-state index in [1.54, 1.807) is 0 Å². The second-order valence-corrected chi connectivity index (χ2v) is 7.23. The fourth-order valence-corrected chi connectivity index (χ4v) is 3.98. The fourth-order valence-electron chi connectivity index (χ4n) is 3.98. The van der Waals surface area contributed by atoms with Crippen molar-refractivity contribution < 1.29 is 4.79 Å². The van der Waals surface area contributed by atoms with Gasteiger partial charge in [0.1, 0.15) is 5.69 Å². The van der Waals surface area contributed by atoms with Gasteiger partial charge in [-0.3, -0.25) is 4.79 Å². The molecule has 2 heterocycles. The average Bonchev–Trinajstić information content (AvgIpc) is 3.13. The van der Waals surface area contributed by atoms with Crippen LogP contribution in [0.5, 0.6) is 0 Å². The molecule has 4 rings (SSSR count). The highest BCUT2D eigenvalue weighted by molar-refractivity contribution is 5.98. The second-order valence-electron chi connectivity index (χ2n) is 7.23. The Labute approximate surface area is 154 Å². The van der Waals surface area contributed by atoms with E-state index in [1.807, 2.05) is 23.1 Å². The molecule has 0 saturated carbocycles. The number of fused-ring (bicyclic) bond motifs is 1. The van der Waals surface area contributed by atoms with E-state index in [9.17, 15) is 4.79 Å². The summed E-state index contributed by atoms with van der Waals surface area (Å²) in [6.45, 7) is 4.24. The Bertz CT molecular complexity index is 935. The molecule has 1 saturated heterocycles. The first-order chi connectivity index (χ1) is 12.7. The summed E-state index contributed by atoms with van der Waals surface area (Å²) >= 11 is 0. The molecule has 0 atom stereocenters. The number of hydrogen-bond acceptors (Lipinski definition) is 2. The Kier molecular flexibility index (Phi) is 4.51. The number of benzene rings is 2. The van der Waals surface area contributed by atoms with Crippen LogP contribution in [0.2, 0.25) is 0 Å². The van der Waals surface area contributed by atoms with Gasteiger partial charge in [0.15, 0.2) is 0 Å². The van der Waals surface area contributed by atoms with Crippen molar-refractivity contribution in [3.63, 3.8) is 0 Å². The summed E-state index contributed by atoms with van der Waals surface area (Å²) in [6.07, 6.45) is 2.00. The maximum atomic E-state index is 12.9. The van der Waals surface area contributed by atoms with Gasteiger partial charge in [-0.25, -0.2) is 0 Å². The van der Waals surface area contributed by atoms with E-state index in [-0.39, 0.29) is 5.91 Å². The number of aryl methyl sites for hydroxylation is 1. The van der Waals surface area contributed by atoms with Crippen LogP contribution in [0.4, 0.5) is 0 Å². The molecule has 1 aliphatic heterocycles. The Hall–Kier alpha value is -2.59. The summed E-state index contributed by atoms with van der Waals surface area (Å²) in [5, 5.41) is 1.13. The zero-order chi connectivity index (χ0) is 18.1. The molecule has 26 heavy (non-hydrogen) atoms. The minimum Gasteiger partial charge on any atom is -0.351 e. The lowest BCUT2D eigenvalue weighted by atomic mass is 9.88. The zero-order valence-corrected chi connectivity index (χ0v) is 15.2. The third-order valence-corrected chi connectivity index (χ3v) is 5.55. The summed E-state index contributed by atoms with van der Waals surface area (Å²) < 4.78 is 0. The van der Waals surface area contributed by atoms with E-state index < -0.39 is 0 Å². The molecule has 0 spiro atoms. The molecule has 1 aliphatic rings. The van der Waals surface area contributed by atoms with Crippen molar-refractivity contribution in [2.75, 3.05) is 13.1 Å². The molecule has 0 unspecified atom stereocenters. The number of carbonyl (C=O) groups excluding carboxylic acids is 1. The lowest BCUT2D eigenvalue weighted by Gasteiger charge is -2.32. The van der Waals surface area contributed by atoms with E-state index in [1.165, 1.54) is 16.7 Å². The van der Waals surface area contributed by atoms with Crippen molar-refractivity contribution in [3.05, 3.63) is 70.9 Å². The van der Waals surface area contributed by atoms with Gasteiger partial charge in [0.25, 0.3) is 5.91 Å². The highest BCUT2D eigenvalue weighted by Gasteiger charge is 2.25. The lowest BCUT2D eigenvalue weighted by Crippen LogP contribution is -2.38. The maximum Gasteiger partial charge on any atom is 0.270 e. The van der Waals surface area contributed by atoms with Crippen molar-refractivity contribution >= 4 is 16.8 Å². The number of likely N-dealkylation sites (tertiary alicyclic amines) is 1. The Morgan fingerprint density at radius 3 is 2.65 bits per heavy atom. The molecule has 134 valence electrons. The predicted octanol–water partition coefficient (Wildman–Crippen LogP) is 3.95. The molecule has 3 N–H and O–H groups in total. The van der Waals surface area contributed by atoms with E-state index in [0.29, 0.717) is 18.2 Å². The van der Waals surface area contributed by atoms with Gasteiger partial charge in [0, 0.05) is 30.5 Å². The van der Waals surface area contributed by atoms with Crippen LogP contribution in [0.1, 0.15) is 45.9 Å². The van der Waals surface area contributed by atoms with Crippen LogP contribution in [0.15, 0.2) is 48.5 Å². The molecule has 4 nitrogen and oxygen atoms in total. The number of nitrogens with one attached hydrogen (secondary N) is 1. The minimum absolute atomic E-state index is 0.106. The second kappa shape index (κ2) is 6.96. The number of nitrogens with zero attached hydrogens (tertiary/aromatic N) is 1. The first kappa shape index (κ1) is 16.9. The van der Waals surface area contributed by atoms with E-state index >= 15 is 0 Å². The number of aromatic nitrogens is 1. The SMILES string of the molecule is Cc1cccc2[nH]c(C(=O)N3CCC(c4cccc(CN)c4)CC3)cc12. The number of amides is 1. The third-order valence-electron chi connectivity index (χ3n) is 5.55. The number of aromatic amines is 1. The van der Waals surface area contributed by atoms with Gasteiger partial charge in [-0.15, -0.1) is 0 Å². The average molecular weight is 347 g/mol. The van der Waals surface area contributed by atoms with Crippen molar-refractivity contribution in [2.24, 2.45) is 5.73 Å². The Morgan fingerprint density at radius 2 is 1.92 bits per heavy atom. The number of carbonyl (C=O) groups is 1. The van der Waals surface area contributed by atoms with E-state index in [0.717, 1.165) is 36.8 Å². The first-order valence-corrected chi connectivity index (χ1v) is 9.32. The number of nitrogens with two attached hydrogens (primary N) is 1. The molecule has 0 aliphatic carbocycles. The molecule has 0 bridgehead atoms. The summed E-state index contributed by atoms with van der Waals surface area (Å²) in [5.74, 6) is 0.616. The normalized spacial score (nSPS) is 15.5. The molecule has 4 heteroatoms. The summed E-state index contributed by atoms with van der Waals surface area (Å²) in [4.78, 5) is 18.2. The third kappa shape index (κ3) is 3.13. The van der Waals surface area contributed by atoms with Crippen LogP contribution in [0.3, 0.4) is 0 Å². The van der Waals surface area contributed by atoms with E-state index in [2.05, 4.69) is 42.2 Å². The molecule has 1 amide bonds. The standard InChI is InChI=1S/C22H25N3O/c1-15-4-2-7-20-19(15)13-21(24-20)22(26)25-10-8-17(9-11-25)18-6-3-5-16(12-18)14-23/h2-7,12-13,17,24H,8-11,14,23H2,1H3. The van der Waals surface area contributed by atoms with Gasteiger partial charge < -0.3 is 15.6 Å². The molecule has 3 aromatic rings. The van der Waals surface area contributed by atoms with Crippen LogP contribution in [0, 0.1) is 6.92 Å². The molecule has 1 aromatic heterocycles. The van der Waals surface area contributed by atoms with Crippen molar-refractivity contribution in [3.8, 4) is 0 Å². The number of H-pyrrole nitrogens is 1. The number of hydrogen-bond donors (Lipinski definition) is 2. The van der Waals surface area contributed by atoms with Crippen molar-refractivity contribution in [1.29, 1.82) is 0 Å². The van der Waals surface area contributed by atoms with Gasteiger partial charge in [0.2, 0.25) is 0 Å². The topological polar surface area (TPSA) is 62.1 Å². The molecule has 0 radical (unpaired) electrons. The lowest BCUT2D eigenvalue weighted by molar-refractivity contribution is 0.0708. The fraction of sp³-hybridized carbons (Fsp3) is 0.318. The molecular weight excluding hydrogens is 322 g/mol. The van der Waals surface area contributed by atoms with Gasteiger partial charge >= 0.3 is 0 Å². The maximum absolute atomic E-state index is 12.9. The molecular formula is C22H25N3O. The van der Waals surface area contributed by atoms with Gasteiger partial charge in [0.05, 0.1) is 0 Å². The number of piperidine rings is 1. The number of rotatable bonds is 3. The Morgan fingerprint density at radius 1 is 1.15 bits per heavy atom. The van der Waals surface area contributed by atoms with Crippen molar-refractivity contribution in [1.82, 2.24) is 9.88 Å². The van der Waals surface area contributed by atoms with Crippen LogP contribution in [0.25, 0.3) is 10.9 Å². The van der Waals surface area contributed by atoms with Gasteiger partial charge in [-0.05, 0) is 54.5 Å². The van der Waals surface area contributed by atoms with Crippen LogP contribution >= 0.6 is 0 Å². The van der Waals surface area contributed by atoms with Crippen LogP contribution < -0.4 is 5.73 Å². The summed E-state index contributed by atoms with van der Waals surface area (Å²) in [6, 6.07) is 16.7. The highest BCUT2D eigenvalue weighted by Crippen LogP contribution is 2.29. The summed E-state index contributed by atoms with van der Waals surface area (Å²) in [5.41, 5.74) is 11.2. The zero-order valence-electron chi connectivity index (χ0n) is 15.2. The molecule has 1 fully saturated rings. The Balaban J connectivity index is 1.46. The predicted molar refractivity (Wildman–Crippen MR) is 105 cm³/mol. The first-order valence-electron chi connectivity index (χ1n) is 9.32. The summed E-state index contributed by atoms with van der Waals surface area (Å²) in [7, 11) is 0. The quantitative estimate of drug-likeness (QED) is 0.753. The van der Waals surface area contributed by atoms with Gasteiger partial charge in [-0.2, -0.15) is 0 Å². The molecule has 2 aromatic carbocycles.